The Labute approximate surface area is 251 Å². The van der Waals surface area contributed by atoms with Gasteiger partial charge in [-0.2, -0.15) is 0 Å². The van der Waals surface area contributed by atoms with Crippen molar-refractivity contribution >= 4 is 41.3 Å². The second-order valence-corrected chi connectivity index (χ2v) is 11.5. The molecule has 2 aliphatic rings. The number of carbonyl (C=O) groups is 3. The number of urea groups is 1. The zero-order chi connectivity index (χ0) is 30.1. The fourth-order valence-corrected chi connectivity index (χ4v) is 5.69. The van der Waals surface area contributed by atoms with Crippen molar-refractivity contribution in [2.75, 3.05) is 33.3 Å². The van der Waals surface area contributed by atoms with Gasteiger partial charge in [-0.3, -0.25) is 14.6 Å². The van der Waals surface area contributed by atoms with E-state index in [1.54, 1.807) is 7.05 Å². The largest absolute Gasteiger partial charge is 0.503 e. The van der Waals surface area contributed by atoms with Gasteiger partial charge >= 0.3 is 12.2 Å². The van der Waals surface area contributed by atoms with Gasteiger partial charge in [-0.1, -0.05) is 60.7 Å². The normalized spacial score (nSPS) is 16.5. The number of rotatable bonds is 10. The first-order valence-corrected chi connectivity index (χ1v) is 14.6. The van der Waals surface area contributed by atoms with Crippen LogP contribution in [0.3, 0.4) is 0 Å². The monoisotopic (exact) mass is 607 g/mol. The van der Waals surface area contributed by atoms with Crippen molar-refractivity contribution in [2.24, 2.45) is 5.92 Å². The molecule has 0 aromatic heterocycles. The second-order valence-electron chi connectivity index (χ2n) is 10.7. The molecule has 1 aliphatic carbocycles. The van der Waals surface area contributed by atoms with Gasteiger partial charge in [-0.15, -0.1) is 0 Å². The number of imide groups is 1. The van der Waals surface area contributed by atoms with Crippen molar-refractivity contribution in [3.8, 4) is 5.75 Å². The molecule has 41 heavy (non-hydrogen) atoms. The Kier molecular flexibility index (Phi) is 12.1. The summed E-state index contributed by atoms with van der Waals surface area (Å²) in [5.41, 5.74) is 3.42. The Bertz CT molecular complexity index is 1220. The molecular weight excluding hydrogens is 569 g/mol. The van der Waals surface area contributed by atoms with Gasteiger partial charge < -0.3 is 19.8 Å². The topological polar surface area (TPSA) is 111 Å². The van der Waals surface area contributed by atoms with Crippen LogP contribution in [0.15, 0.2) is 36.4 Å². The van der Waals surface area contributed by atoms with Crippen LogP contribution in [-0.4, -0.2) is 76.3 Å². The van der Waals surface area contributed by atoms with Crippen molar-refractivity contribution in [1.82, 2.24) is 14.7 Å². The summed E-state index contributed by atoms with van der Waals surface area (Å²) in [5.74, 6) is 1.29. The van der Waals surface area contributed by atoms with Gasteiger partial charge in [0, 0.05) is 26.2 Å². The highest BCUT2D eigenvalue weighted by Crippen LogP contribution is 2.32. The van der Waals surface area contributed by atoms with Crippen LogP contribution in [0.5, 0.6) is 5.75 Å². The summed E-state index contributed by atoms with van der Waals surface area (Å²) in [6.45, 7) is 6.79. The van der Waals surface area contributed by atoms with Crippen LogP contribution in [0.2, 0.25) is 10.0 Å². The number of nitrogens with zero attached hydrogens (tertiary/aromatic N) is 3. The minimum absolute atomic E-state index is 0.130. The van der Waals surface area contributed by atoms with Crippen LogP contribution >= 0.6 is 23.2 Å². The number of hydrogen-bond donors (Lipinski definition) is 2. The third-order valence-electron chi connectivity index (χ3n) is 7.62. The maximum absolute atomic E-state index is 12.1. The zero-order valence-electron chi connectivity index (χ0n) is 23.8. The smallest absolute Gasteiger partial charge is 0.491 e. The molecule has 2 N–H and O–H groups in total. The second kappa shape index (κ2) is 15.3. The van der Waals surface area contributed by atoms with Crippen molar-refractivity contribution in [3.63, 3.8) is 0 Å². The van der Waals surface area contributed by atoms with Crippen molar-refractivity contribution in [3.05, 3.63) is 63.1 Å². The molecule has 2 aromatic carbocycles. The van der Waals surface area contributed by atoms with E-state index in [2.05, 4.69) is 30.0 Å². The number of amides is 3. The van der Waals surface area contributed by atoms with Gasteiger partial charge in [0.1, 0.15) is 18.9 Å². The molecule has 1 unspecified atom stereocenters. The first kappa shape index (κ1) is 32.5. The Morgan fingerprint density at radius 3 is 2.34 bits per heavy atom. The third kappa shape index (κ3) is 9.51. The Hall–Kier alpha value is -3.01. The van der Waals surface area contributed by atoms with Crippen LogP contribution < -0.4 is 4.74 Å². The predicted molar refractivity (Wildman–Crippen MR) is 159 cm³/mol. The highest BCUT2D eigenvalue weighted by Gasteiger charge is 2.33. The molecule has 0 radical (unpaired) electrons. The highest BCUT2D eigenvalue weighted by molar-refractivity contribution is 6.42. The maximum atomic E-state index is 12.1. The van der Waals surface area contributed by atoms with E-state index in [0.29, 0.717) is 16.0 Å². The summed E-state index contributed by atoms with van der Waals surface area (Å²) in [6.07, 6.45) is 4.71. The molecule has 3 amide bonds. The van der Waals surface area contributed by atoms with Crippen LogP contribution in [-0.2, 0) is 11.3 Å². The molecule has 2 aromatic rings. The van der Waals surface area contributed by atoms with E-state index in [-0.39, 0.29) is 37.7 Å². The molecule has 1 heterocycles. The van der Waals surface area contributed by atoms with E-state index in [1.807, 2.05) is 25.1 Å². The molecular formula is C30H39Cl2N3O6. The van der Waals surface area contributed by atoms with Crippen LogP contribution in [0.25, 0.3) is 0 Å². The van der Waals surface area contributed by atoms with Crippen LogP contribution in [0, 0.1) is 12.8 Å². The van der Waals surface area contributed by atoms with Gasteiger partial charge in [-0.05, 0) is 67.5 Å². The van der Waals surface area contributed by atoms with Crippen molar-refractivity contribution < 1.29 is 29.3 Å². The SMILES string of the molecule is Cc1cc(CN(CC2CCCCC2)C(C)c2ccc(Cl)c(Cl)c2)ccc1OCCN1C(=O)CN(C)C1=O.O=C(O)O. The zero-order valence-corrected chi connectivity index (χ0v) is 25.3. The van der Waals surface area contributed by atoms with E-state index in [0.717, 1.165) is 24.4 Å². The molecule has 4 rings (SSSR count). The van der Waals surface area contributed by atoms with Gasteiger partial charge in [-0.25, -0.2) is 9.59 Å². The summed E-state index contributed by atoms with van der Waals surface area (Å²) in [6, 6.07) is 12.1. The maximum Gasteiger partial charge on any atom is 0.503 e. The molecule has 2 fully saturated rings. The fourth-order valence-electron chi connectivity index (χ4n) is 5.39. The number of hydrogen-bond acceptors (Lipinski definition) is 5. The van der Waals surface area contributed by atoms with Crippen LogP contribution in [0.1, 0.15) is 61.8 Å². The summed E-state index contributed by atoms with van der Waals surface area (Å²) in [7, 11) is 1.63. The molecule has 1 atom stereocenters. The molecule has 11 heteroatoms. The third-order valence-corrected chi connectivity index (χ3v) is 8.36. The predicted octanol–water partition coefficient (Wildman–Crippen LogP) is 6.94. The molecule has 1 aliphatic heterocycles. The van der Waals surface area contributed by atoms with E-state index in [1.165, 1.54) is 53.0 Å². The van der Waals surface area contributed by atoms with Crippen molar-refractivity contribution in [2.45, 2.75) is 58.5 Å². The summed E-state index contributed by atoms with van der Waals surface area (Å²) < 4.78 is 5.95. The number of carbonyl (C=O) groups excluding carboxylic acids is 2. The quantitative estimate of drug-likeness (QED) is 0.281. The first-order valence-electron chi connectivity index (χ1n) is 13.8. The fraction of sp³-hybridized carbons (Fsp3) is 0.500. The number of benzene rings is 2. The number of ether oxygens (including phenoxy) is 1. The Morgan fingerprint density at radius 2 is 1.76 bits per heavy atom. The van der Waals surface area contributed by atoms with Gasteiger partial charge in [0.15, 0.2) is 0 Å². The molecule has 0 spiro atoms. The van der Waals surface area contributed by atoms with Crippen LogP contribution in [0.4, 0.5) is 9.59 Å². The lowest BCUT2D eigenvalue weighted by Gasteiger charge is -2.34. The van der Waals surface area contributed by atoms with Gasteiger partial charge in [0.05, 0.1) is 16.6 Å². The minimum Gasteiger partial charge on any atom is -0.491 e. The van der Waals surface area contributed by atoms with Gasteiger partial charge in [0.25, 0.3) is 0 Å². The van der Waals surface area contributed by atoms with Gasteiger partial charge in [0.2, 0.25) is 5.91 Å². The number of carboxylic acid groups (broad SMARTS) is 2. The molecule has 0 bridgehead atoms. The van der Waals surface area contributed by atoms with E-state index < -0.39 is 6.16 Å². The van der Waals surface area contributed by atoms with E-state index in [4.69, 9.17) is 42.9 Å². The lowest BCUT2D eigenvalue weighted by atomic mass is 9.88. The average molecular weight is 609 g/mol. The Morgan fingerprint density at radius 1 is 1.07 bits per heavy atom. The molecule has 224 valence electrons. The summed E-state index contributed by atoms with van der Waals surface area (Å²) >= 11 is 12.5. The first-order chi connectivity index (χ1) is 19.5. The van der Waals surface area contributed by atoms with E-state index in [9.17, 15) is 9.59 Å². The highest BCUT2D eigenvalue weighted by atomic mass is 35.5. The summed E-state index contributed by atoms with van der Waals surface area (Å²) in [5, 5.41) is 15.1. The number of likely N-dealkylation sites (N-methyl/N-ethyl adjacent to an activating group) is 1. The Balaban J connectivity index is 0.00000108. The molecule has 9 nitrogen and oxygen atoms in total. The lowest BCUT2D eigenvalue weighted by molar-refractivity contribution is -0.125. The minimum atomic E-state index is -1.83. The lowest BCUT2D eigenvalue weighted by Crippen LogP contribution is -2.35. The average Bonchev–Trinajstić information content (AvgIpc) is 3.16. The van der Waals surface area contributed by atoms with E-state index >= 15 is 0 Å². The number of aryl methyl sites for hydroxylation is 1. The standard InChI is InChI=1S/C29H37Cl2N3O3.CH2O3/c1-20-15-23(9-12-27(20)37-14-13-34-28(35)19-32(3)29(34)36)18-33(17-22-7-5-4-6-8-22)21(2)24-10-11-25(30)26(31)16-24;2-1(3)4/h9-12,15-16,21-22H,4-8,13-14,17-19H2,1-3H3;(H2,2,3,4). The summed E-state index contributed by atoms with van der Waals surface area (Å²) in [4.78, 5) is 37.8. The number of halogens is 2. The van der Waals surface area contributed by atoms with Crippen molar-refractivity contribution in [1.29, 1.82) is 0 Å². The molecule has 1 saturated heterocycles. The molecule has 1 saturated carbocycles.